The van der Waals surface area contributed by atoms with E-state index in [-0.39, 0.29) is 11.0 Å². The van der Waals surface area contributed by atoms with Crippen LogP contribution in [0.2, 0.25) is 0 Å². The van der Waals surface area contributed by atoms with Crippen molar-refractivity contribution in [3.8, 4) is 5.75 Å². The van der Waals surface area contributed by atoms with E-state index in [0.29, 0.717) is 32.9 Å². The lowest BCUT2D eigenvalue weighted by Crippen LogP contribution is -2.24. The monoisotopic (exact) mass is 357 g/mol. The molecule has 0 aliphatic carbocycles. The molecule has 0 spiro atoms. The Hall–Kier alpha value is -2.93. The van der Waals surface area contributed by atoms with Crippen molar-refractivity contribution in [2.45, 2.75) is 0 Å². The molecule has 1 aromatic heterocycles. The Morgan fingerprint density at radius 2 is 1.84 bits per heavy atom. The van der Waals surface area contributed by atoms with Crippen LogP contribution >= 0.6 is 12.2 Å². The predicted molar refractivity (Wildman–Crippen MR) is 98.2 cm³/mol. The van der Waals surface area contributed by atoms with E-state index in [9.17, 15) is 9.59 Å². The molecule has 0 aliphatic heterocycles. The molecule has 0 unspecified atom stereocenters. The molecule has 7 heteroatoms. The van der Waals surface area contributed by atoms with Gasteiger partial charge in [0.05, 0.1) is 23.4 Å². The quantitative estimate of drug-likeness (QED) is 0.397. The largest absolute Gasteiger partial charge is 0.465 e. The van der Waals surface area contributed by atoms with Crippen LogP contribution in [0.3, 0.4) is 0 Å². The number of carbonyl (C=O) groups is 1. The van der Waals surface area contributed by atoms with Crippen LogP contribution in [0.25, 0.3) is 21.9 Å². The molecule has 1 heterocycles. The summed E-state index contributed by atoms with van der Waals surface area (Å²) in [6.07, 6.45) is 0. The lowest BCUT2D eigenvalue weighted by atomic mass is 10.1. The second-order valence-electron chi connectivity index (χ2n) is 5.55. The minimum absolute atomic E-state index is 0.233. The number of thiocarbonyl (C=S) groups is 1. The molecule has 3 rings (SSSR count). The van der Waals surface area contributed by atoms with Gasteiger partial charge in [-0.15, -0.1) is 0 Å². The van der Waals surface area contributed by atoms with Gasteiger partial charge in [-0.25, -0.2) is 4.79 Å². The van der Waals surface area contributed by atoms with Crippen molar-refractivity contribution in [2.75, 3.05) is 21.2 Å². The van der Waals surface area contributed by atoms with E-state index in [1.807, 2.05) is 0 Å². The number of methoxy groups -OCH3 is 1. The van der Waals surface area contributed by atoms with Gasteiger partial charge in [0.1, 0.15) is 16.9 Å². The second-order valence-corrected chi connectivity index (χ2v) is 5.90. The lowest BCUT2D eigenvalue weighted by molar-refractivity contribution is 0.0601. The molecule has 2 aromatic carbocycles. The minimum atomic E-state index is -0.512. The highest BCUT2D eigenvalue weighted by atomic mass is 32.1. The SMILES string of the molecule is COC(=O)c1ccc2oc3cc(OC(=S)N(C)C)ccc3c(=O)c2c1. The van der Waals surface area contributed by atoms with Crippen molar-refractivity contribution in [1.82, 2.24) is 4.90 Å². The molecule has 0 radical (unpaired) electrons. The van der Waals surface area contributed by atoms with Gasteiger partial charge in [-0.05, 0) is 42.5 Å². The molecule has 0 saturated heterocycles. The van der Waals surface area contributed by atoms with Gasteiger partial charge >= 0.3 is 5.97 Å². The van der Waals surface area contributed by atoms with Crippen LogP contribution in [0, 0.1) is 0 Å². The smallest absolute Gasteiger partial charge is 0.337 e. The van der Waals surface area contributed by atoms with Crippen molar-refractivity contribution in [1.29, 1.82) is 0 Å². The van der Waals surface area contributed by atoms with Crippen LogP contribution in [0.15, 0.2) is 45.6 Å². The summed E-state index contributed by atoms with van der Waals surface area (Å²) in [4.78, 5) is 26.0. The second kappa shape index (κ2) is 6.52. The number of fused-ring (bicyclic) bond motifs is 2. The molecule has 0 bridgehead atoms. The van der Waals surface area contributed by atoms with Crippen molar-refractivity contribution >= 4 is 45.3 Å². The highest BCUT2D eigenvalue weighted by Gasteiger charge is 2.13. The summed E-state index contributed by atoms with van der Waals surface area (Å²) in [5.41, 5.74) is 0.807. The number of carbonyl (C=O) groups excluding carboxylic acids is 1. The summed E-state index contributed by atoms with van der Waals surface area (Å²) in [7, 11) is 4.83. The van der Waals surface area contributed by atoms with E-state index < -0.39 is 5.97 Å². The van der Waals surface area contributed by atoms with Crippen molar-refractivity contribution < 1.29 is 18.7 Å². The van der Waals surface area contributed by atoms with Crippen LogP contribution in [0.1, 0.15) is 10.4 Å². The Morgan fingerprint density at radius 1 is 1.08 bits per heavy atom. The molecular formula is C18H15NO5S. The number of rotatable bonds is 2. The Labute approximate surface area is 148 Å². The van der Waals surface area contributed by atoms with Gasteiger partial charge < -0.3 is 18.8 Å². The molecule has 25 heavy (non-hydrogen) atoms. The molecule has 0 saturated carbocycles. The first-order chi connectivity index (χ1) is 11.9. The number of hydrogen-bond donors (Lipinski definition) is 0. The minimum Gasteiger partial charge on any atom is -0.465 e. The van der Waals surface area contributed by atoms with E-state index in [1.165, 1.54) is 13.2 Å². The first-order valence-corrected chi connectivity index (χ1v) is 7.79. The van der Waals surface area contributed by atoms with Crippen molar-refractivity contribution in [3.63, 3.8) is 0 Å². The fourth-order valence-electron chi connectivity index (χ4n) is 2.34. The standard InChI is InChI=1S/C18H15NO5S/c1-19(2)18(25)23-11-5-6-12-15(9-11)24-14-7-4-10(17(21)22-3)8-13(14)16(12)20/h4-9H,1-3H3. The summed E-state index contributed by atoms with van der Waals surface area (Å²) in [6.45, 7) is 0. The lowest BCUT2D eigenvalue weighted by Gasteiger charge is -2.14. The summed E-state index contributed by atoms with van der Waals surface area (Å²) >= 11 is 5.10. The molecule has 0 aliphatic rings. The van der Waals surface area contributed by atoms with Crippen molar-refractivity contribution in [2.24, 2.45) is 0 Å². The Bertz CT molecular complexity index is 1050. The highest BCUT2D eigenvalue weighted by molar-refractivity contribution is 7.80. The Balaban J connectivity index is 2.14. The number of ether oxygens (including phenoxy) is 2. The number of benzene rings is 2. The maximum absolute atomic E-state index is 12.7. The van der Waals surface area contributed by atoms with E-state index in [1.54, 1.807) is 49.3 Å². The van der Waals surface area contributed by atoms with Crippen LogP contribution in [0.5, 0.6) is 5.75 Å². The van der Waals surface area contributed by atoms with Crippen LogP contribution in [-0.2, 0) is 4.74 Å². The first-order valence-electron chi connectivity index (χ1n) is 7.39. The summed E-state index contributed by atoms with van der Waals surface area (Å²) in [5.74, 6) is -0.0396. The first kappa shape index (κ1) is 16.9. The average molecular weight is 357 g/mol. The third-order valence-corrected chi connectivity index (χ3v) is 4.08. The Morgan fingerprint density at radius 3 is 2.52 bits per heavy atom. The van der Waals surface area contributed by atoms with Gasteiger partial charge in [0.2, 0.25) is 5.43 Å². The van der Waals surface area contributed by atoms with Gasteiger partial charge in [0.15, 0.2) is 0 Å². The summed E-state index contributed by atoms with van der Waals surface area (Å²) in [6, 6.07) is 9.45. The topological polar surface area (TPSA) is 69.0 Å². The molecule has 0 amide bonds. The summed E-state index contributed by atoms with van der Waals surface area (Å²) in [5, 5.41) is 0.996. The summed E-state index contributed by atoms with van der Waals surface area (Å²) < 4.78 is 16.0. The van der Waals surface area contributed by atoms with Gasteiger partial charge in [-0.3, -0.25) is 4.79 Å². The molecule has 0 fully saturated rings. The van der Waals surface area contributed by atoms with E-state index >= 15 is 0 Å². The predicted octanol–water partition coefficient (Wildman–Crippen LogP) is 2.96. The fourth-order valence-corrected chi connectivity index (χ4v) is 2.43. The third kappa shape index (κ3) is 3.18. The molecule has 3 aromatic rings. The number of hydrogen-bond acceptors (Lipinski definition) is 6. The molecule has 128 valence electrons. The van der Waals surface area contributed by atoms with Crippen molar-refractivity contribution in [3.05, 3.63) is 52.2 Å². The maximum Gasteiger partial charge on any atom is 0.337 e. The third-order valence-electron chi connectivity index (χ3n) is 3.63. The van der Waals surface area contributed by atoms with Gasteiger partial charge in [0.25, 0.3) is 5.17 Å². The number of nitrogens with zero attached hydrogens (tertiary/aromatic N) is 1. The zero-order valence-corrected chi connectivity index (χ0v) is 14.7. The van der Waals surface area contributed by atoms with Gasteiger partial charge in [-0.1, -0.05) is 0 Å². The molecular weight excluding hydrogens is 342 g/mol. The van der Waals surface area contributed by atoms with E-state index in [2.05, 4.69) is 4.74 Å². The Kier molecular flexibility index (Phi) is 4.41. The normalized spacial score (nSPS) is 10.7. The average Bonchev–Trinajstić information content (AvgIpc) is 2.60. The zero-order valence-electron chi connectivity index (χ0n) is 13.9. The number of esters is 1. The van der Waals surface area contributed by atoms with Crippen LogP contribution < -0.4 is 10.2 Å². The van der Waals surface area contributed by atoms with Crippen LogP contribution in [-0.4, -0.2) is 37.2 Å². The van der Waals surface area contributed by atoms with E-state index in [4.69, 9.17) is 21.4 Å². The highest BCUT2D eigenvalue weighted by Crippen LogP contribution is 2.24. The van der Waals surface area contributed by atoms with E-state index in [0.717, 1.165) is 0 Å². The molecule has 0 atom stereocenters. The fraction of sp³-hybridized carbons (Fsp3) is 0.167. The molecule has 0 N–H and O–H groups in total. The zero-order chi connectivity index (χ0) is 18.1. The van der Waals surface area contributed by atoms with Crippen LogP contribution in [0.4, 0.5) is 0 Å². The van der Waals surface area contributed by atoms with Gasteiger partial charge in [0, 0.05) is 20.2 Å². The van der Waals surface area contributed by atoms with Gasteiger partial charge in [-0.2, -0.15) is 0 Å². The maximum atomic E-state index is 12.7. The molecule has 6 nitrogen and oxygen atoms in total.